The molecule has 0 saturated heterocycles. The topological polar surface area (TPSA) is 26.0 Å². The largest absolute Gasteiger partial charge is 0.330 e. The second kappa shape index (κ2) is 4.21. The van der Waals surface area contributed by atoms with E-state index in [0.29, 0.717) is 5.41 Å². The van der Waals surface area contributed by atoms with Crippen LogP contribution in [0.15, 0.2) is 30.3 Å². The van der Waals surface area contributed by atoms with Crippen molar-refractivity contribution in [3.8, 4) is 0 Å². The average molecular weight is 217 g/mol. The maximum absolute atomic E-state index is 6.09. The Bertz CT molecular complexity index is 334. The number of benzene rings is 1. The van der Waals surface area contributed by atoms with E-state index in [1.165, 1.54) is 31.2 Å². The van der Waals surface area contributed by atoms with Crippen LogP contribution in [0.2, 0.25) is 0 Å². The number of nitrogens with two attached hydrogens (primary N) is 1. The van der Waals surface area contributed by atoms with E-state index in [1.807, 2.05) is 0 Å². The third-order valence-electron chi connectivity index (χ3n) is 4.77. The Balaban J connectivity index is 2.37. The Labute approximate surface area is 99.0 Å². The van der Waals surface area contributed by atoms with E-state index in [1.54, 1.807) is 0 Å². The van der Waals surface area contributed by atoms with Gasteiger partial charge in [-0.25, -0.2) is 0 Å². The summed E-state index contributed by atoms with van der Waals surface area (Å²) in [5.41, 5.74) is 8.03. The molecule has 0 spiro atoms. The summed E-state index contributed by atoms with van der Waals surface area (Å²) >= 11 is 0. The van der Waals surface area contributed by atoms with E-state index in [4.69, 9.17) is 5.73 Å². The first-order valence-corrected chi connectivity index (χ1v) is 6.38. The van der Waals surface area contributed by atoms with Gasteiger partial charge in [0.25, 0.3) is 0 Å². The molecule has 0 bridgehead atoms. The standard InChI is InChI=1S/C15H23N/c1-14(2,13-8-4-3-5-9-13)15(12-16)10-6-7-11-15/h3-5,8-9H,6-7,10-12,16H2,1-2H3. The predicted molar refractivity (Wildman–Crippen MR) is 69.4 cm³/mol. The molecule has 0 radical (unpaired) electrons. The van der Waals surface area contributed by atoms with Gasteiger partial charge in [0.05, 0.1) is 0 Å². The Kier molecular flexibility index (Phi) is 3.07. The van der Waals surface area contributed by atoms with Gasteiger partial charge in [-0.1, -0.05) is 57.0 Å². The van der Waals surface area contributed by atoms with Crippen molar-refractivity contribution in [2.24, 2.45) is 11.1 Å². The molecule has 0 heterocycles. The third-order valence-corrected chi connectivity index (χ3v) is 4.77. The minimum absolute atomic E-state index is 0.194. The average Bonchev–Trinajstić information content (AvgIpc) is 2.80. The molecular formula is C15H23N. The lowest BCUT2D eigenvalue weighted by Gasteiger charge is -2.44. The van der Waals surface area contributed by atoms with Gasteiger partial charge < -0.3 is 5.73 Å². The number of rotatable bonds is 3. The van der Waals surface area contributed by atoms with Gasteiger partial charge in [-0.05, 0) is 35.8 Å². The van der Waals surface area contributed by atoms with Crippen molar-refractivity contribution in [1.29, 1.82) is 0 Å². The molecule has 0 unspecified atom stereocenters. The molecule has 2 rings (SSSR count). The van der Waals surface area contributed by atoms with E-state index < -0.39 is 0 Å². The zero-order chi connectivity index (χ0) is 11.6. The first-order chi connectivity index (χ1) is 7.62. The van der Waals surface area contributed by atoms with Crippen molar-refractivity contribution < 1.29 is 0 Å². The molecule has 0 amide bonds. The fraction of sp³-hybridized carbons (Fsp3) is 0.600. The van der Waals surface area contributed by atoms with Crippen LogP contribution in [-0.2, 0) is 5.41 Å². The molecule has 1 saturated carbocycles. The summed E-state index contributed by atoms with van der Waals surface area (Å²) in [6.45, 7) is 5.54. The smallest absolute Gasteiger partial charge is 0.00122 e. The van der Waals surface area contributed by atoms with Crippen molar-refractivity contribution in [1.82, 2.24) is 0 Å². The van der Waals surface area contributed by atoms with Crippen LogP contribution in [0.25, 0.3) is 0 Å². The fourth-order valence-electron chi connectivity index (χ4n) is 3.30. The summed E-state index contributed by atoms with van der Waals surface area (Å²) in [5.74, 6) is 0. The van der Waals surface area contributed by atoms with Crippen LogP contribution in [0.5, 0.6) is 0 Å². The molecule has 1 heteroatoms. The minimum atomic E-state index is 0.194. The zero-order valence-electron chi connectivity index (χ0n) is 10.5. The van der Waals surface area contributed by atoms with E-state index in [-0.39, 0.29) is 5.41 Å². The molecule has 1 aromatic rings. The summed E-state index contributed by atoms with van der Waals surface area (Å²) in [5, 5.41) is 0. The van der Waals surface area contributed by atoms with Crippen molar-refractivity contribution >= 4 is 0 Å². The third kappa shape index (κ3) is 1.67. The van der Waals surface area contributed by atoms with Gasteiger partial charge in [0, 0.05) is 0 Å². The lowest BCUT2D eigenvalue weighted by Crippen LogP contribution is -2.44. The van der Waals surface area contributed by atoms with Crippen LogP contribution in [0.4, 0.5) is 0 Å². The van der Waals surface area contributed by atoms with Gasteiger partial charge in [-0.3, -0.25) is 0 Å². The number of hydrogen-bond donors (Lipinski definition) is 1. The summed E-state index contributed by atoms with van der Waals surface area (Å²) in [6, 6.07) is 10.8. The van der Waals surface area contributed by atoms with Gasteiger partial charge in [-0.2, -0.15) is 0 Å². The fourth-order valence-corrected chi connectivity index (χ4v) is 3.30. The molecule has 1 aliphatic rings. The molecule has 1 fully saturated rings. The van der Waals surface area contributed by atoms with Gasteiger partial charge >= 0.3 is 0 Å². The van der Waals surface area contributed by atoms with E-state index in [9.17, 15) is 0 Å². The summed E-state index contributed by atoms with van der Waals surface area (Å²) in [6.07, 6.45) is 5.25. The number of hydrogen-bond acceptors (Lipinski definition) is 1. The van der Waals surface area contributed by atoms with Gasteiger partial charge in [0.2, 0.25) is 0 Å². The molecule has 0 atom stereocenters. The molecule has 88 valence electrons. The summed E-state index contributed by atoms with van der Waals surface area (Å²) in [7, 11) is 0. The first-order valence-electron chi connectivity index (χ1n) is 6.38. The van der Waals surface area contributed by atoms with Gasteiger partial charge in [-0.15, -0.1) is 0 Å². The summed E-state index contributed by atoms with van der Waals surface area (Å²) in [4.78, 5) is 0. The van der Waals surface area contributed by atoms with Gasteiger partial charge in [0.1, 0.15) is 0 Å². The maximum atomic E-state index is 6.09. The highest BCUT2D eigenvalue weighted by Gasteiger charge is 2.46. The quantitative estimate of drug-likeness (QED) is 0.824. The zero-order valence-corrected chi connectivity index (χ0v) is 10.5. The van der Waals surface area contributed by atoms with Crippen LogP contribution in [0, 0.1) is 5.41 Å². The molecule has 1 aliphatic carbocycles. The van der Waals surface area contributed by atoms with E-state index in [2.05, 4.69) is 44.2 Å². The highest BCUT2D eigenvalue weighted by Crippen LogP contribution is 2.51. The molecule has 16 heavy (non-hydrogen) atoms. The normalized spacial score (nSPS) is 19.9. The van der Waals surface area contributed by atoms with Crippen molar-refractivity contribution in [2.45, 2.75) is 44.9 Å². The predicted octanol–water partition coefficient (Wildman–Crippen LogP) is 3.48. The highest BCUT2D eigenvalue weighted by molar-refractivity contribution is 5.27. The first kappa shape index (κ1) is 11.7. The monoisotopic (exact) mass is 217 g/mol. The van der Waals surface area contributed by atoms with Crippen LogP contribution in [-0.4, -0.2) is 6.54 Å². The minimum Gasteiger partial charge on any atom is -0.330 e. The van der Waals surface area contributed by atoms with Crippen molar-refractivity contribution in [3.63, 3.8) is 0 Å². The van der Waals surface area contributed by atoms with Crippen LogP contribution >= 0.6 is 0 Å². The molecule has 1 aromatic carbocycles. The second-order valence-corrected chi connectivity index (χ2v) is 5.68. The Hall–Kier alpha value is -0.820. The van der Waals surface area contributed by atoms with Gasteiger partial charge in [0.15, 0.2) is 0 Å². The molecular weight excluding hydrogens is 194 g/mol. The summed E-state index contributed by atoms with van der Waals surface area (Å²) < 4.78 is 0. The second-order valence-electron chi connectivity index (χ2n) is 5.68. The lowest BCUT2D eigenvalue weighted by molar-refractivity contribution is 0.162. The molecule has 0 aromatic heterocycles. The Morgan fingerprint density at radius 3 is 2.19 bits per heavy atom. The molecule has 2 N–H and O–H groups in total. The molecule has 0 aliphatic heterocycles. The Morgan fingerprint density at radius 2 is 1.69 bits per heavy atom. The van der Waals surface area contributed by atoms with Crippen LogP contribution in [0.3, 0.4) is 0 Å². The van der Waals surface area contributed by atoms with Crippen molar-refractivity contribution in [2.75, 3.05) is 6.54 Å². The maximum Gasteiger partial charge on any atom is -0.00122 e. The molecule has 1 nitrogen and oxygen atoms in total. The highest BCUT2D eigenvalue weighted by atomic mass is 14.7. The van der Waals surface area contributed by atoms with Crippen LogP contribution < -0.4 is 5.73 Å². The van der Waals surface area contributed by atoms with Crippen molar-refractivity contribution in [3.05, 3.63) is 35.9 Å². The van der Waals surface area contributed by atoms with Crippen LogP contribution in [0.1, 0.15) is 45.1 Å². The Morgan fingerprint density at radius 1 is 1.12 bits per heavy atom. The van der Waals surface area contributed by atoms with E-state index in [0.717, 1.165) is 6.54 Å². The SMILES string of the molecule is CC(C)(c1ccccc1)C1(CN)CCCC1. The lowest BCUT2D eigenvalue weighted by atomic mass is 9.61. The van der Waals surface area contributed by atoms with E-state index >= 15 is 0 Å².